The topological polar surface area (TPSA) is 49.8 Å². The molecule has 2 aliphatic rings. The number of aromatic carboxylic acids is 1. The quantitative estimate of drug-likeness (QED) is 0.891. The minimum atomic E-state index is -1.21. The van der Waals surface area contributed by atoms with E-state index in [1.165, 1.54) is 6.07 Å². The van der Waals surface area contributed by atoms with Crippen molar-refractivity contribution in [1.82, 2.24) is 0 Å². The normalized spacial score (nSPS) is 26.3. The van der Waals surface area contributed by atoms with Crippen molar-refractivity contribution in [2.24, 2.45) is 0 Å². The molecule has 102 valence electrons. The van der Waals surface area contributed by atoms with Gasteiger partial charge >= 0.3 is 5.97 Å². The number of carboxylic acid groups (broad SMARTS) is 1. The van der Waals surface area contributed by atoms with Crippen molar-refractivity contribution in [2.75, 3.05) is 18.1 Å². The molecule has 4 nitrogen and oxygen atoms in total. The zero-order valence-electron chi connectivity index (χ0n) is 10.5. The van der Waals surface area contributed by atoms with Crippen molar-refractivity contribution < 1.29 is 19.0 Å². The average molecular weight is 265 g/mol. The molecule has 0 aromatic heterocycles. The van der Waals surface area contributed by atoms with Crippen LogP contribution in [0.15, 0.2) is 18.2 Å². The first-order chi connectivity index (χ1) is 9.18. The lowest BCUT2D eigenvalue weighted by Gasteiger charge is -2.39. The van der Waals surface area contributed by atoms with Crippen LogP contribution in [0, 0.1) is 5.82 Å². The number of morpholine rings is 1. The highest BCUT2D eigenvalue weighted by Gasteiger charge is 2.37. The van der Waals surface area contributed by atoms with Crippen molar-refractivity contribution in [3.8, 4) is 0 Å². The van der Waals surface area contributed by atoms with Crippen molar-refractivity contribution in [3.05, 3.63) is 29.6 Å². The van der Waals surface area contributed by atoms with E-state index in [9.17, 15) is 14.3 Å². The monoisotopic (exact) mass is 265 g/mol. The average Bonchev–Trinajstić information content (AvgIpc) is 2.85. The number of carbonyl (C=O) groups is 1. The number of ether oxygens (including phenoxy) is 1. The maximum absolute atomic E-state index is 13.8. The van der Waals surface area contributed by atoms with E-state index in [0.29, 0.717) is 18.8 Å². The van der Waals surface area contributed by atoms with Crippen LogP contribution in [0.5, 0.6) is 0 Å². The molecular weight excluding hydrogens is 249 g/mol. The second kappa shape index (κ2) is 4.81. The third-order valence-corrected chi connectivity index (χ3v) is 4.00. The van der Waals surface area contributed by atoms with Crippen molar-refractivity contribution >= 4 is 11.7 Å². The summed E-state index contributed by atoms with van der Waals surface area (Å²) >= 11 is 0. The molecule has 0 amide bonds. The second-order valence-corrected chi connectivity index (χ2v) is 5.04. The van der Waals surface area contributed by atoms with Crippen LogP contribution >= 0.6 is 0 Å². The Labute approximate surface area is 110 Å². The zero-order valence-corrected chi connectivity index (χ0v) is 10.5. The molecule has 5 heteroatoms. The summed E-state index contributed by atoms with van der Waals surface area (Å²) in [5, 5.41) is 9.22. The molecule has 1 saturated heterocycles. The Kier molecular flexibility index (Phi) is 3.14. The van der Waals surface area contributed by atoms with Gasteiger partial charge in [0.25, 0.3) is 0 Å². The smallest absolute Gasteiger partial charge is 0.340 e. The highest BCUT2D eigenvalue weighted by Crippen LogP contribution is 2.35. The molecule has 1 saturated carbocycles. The molecule has 0 radical (unpaired) electrons. The number of carboxylic acids is 1. The molecular formula is C14H16FNO3. The Balaban J connectivity index is 2.01. The largest absolute Gasteiger partial charge is 0.478 e. The molecule has 19 heavy (non-hydrogen) atoms. The molecule has 3 rings (SSSR count). The number of rotatable bonds is 2. The molecule has 1 aliphatic carbocycles. The minimum absolute atomic E-state index is 0.152. The molecule has 1 aromatic carbocycles. The maximum atomic E-state index is 13.8. The summed E-state index contributed by atoms with van der Waals surface area (Å²) in [5.74, 6) is -1.89. The summed E-state index contributed by atoms with van der Waals surface area (Å²) in [4.78, 5) is 13.3. The third kappa shape index (κ3) is 2.08. The van der Waals surface area contributed by atoms with Crippen LogP contribution < -0.4 is 4.90 Å². The number of anilines is 1. The van der Waals surface area contributed by atoms with Gasteiger partial charge < -0.3 is 14.7 Å². The predicted octanol–water partition coefficient (Wildman–Crippen LogP) is 2.28. The van der Waals surface area contributed by atoms with Crippen LogP contribution in [0.4, 0.5) is 10.1 Å². The Morgan fingerprint density at radius 2 is 2.26 bits per heavy atom. The first-order valence-electron chi connectivity index (χ1n) is 6.58. The Hall–Kier alpha value is -1.62. The molecule has 1 N–H and O–H groups in total. The van der Waals surface area contributed by atoms with Gasteiger partial charge in [-0.2, -0.15) is 0 Å². The van der Waals surface area contributed by atoms with E-state index in [4.69, 9.17) is 4.74 Å². The third-order valence-electron chi connectivity index (χ3n) is 4.00. The highest BCUT2D eigenvalue weighted by molar-refractivity contribution is 5.94. The van der Waals surface area contributed by atoms with Gasteiger partial charge in [0.15, 0.2) is 0 Å². The first-order valence-corrected chi connectivity index (χ1v) is 6.58. The van der Waals surface area contributed by atoms with Crippen LogP contribution in [0.3, 0.4) is 0 Å². The molecule has 1 aromatic rings. The lowest BCUT2D eigenvalue weighted by molar-refractivity contribution is 0.0254. The van der Waals surface area contributed by atoms with Crippen LogP contribution in [0.25, 0.3) is 0 Å². The molecule has 2 fully saturated rings. The van der Waals surface area contributed by atoms with E-state index < -0.39 is 11.8 Å². The van der Waals surface area contributed by atoms with Gasteiger partial charge in [-0.3, -0.25) is 0 Å². The summed E-state index contributed by atoms with van der Waals surface area (Å²) in [5.41, 5.74) is 0.253. The van der Waals surface area contributed by atoms with E-state index in [2.05, 4.69) is 0 Å². The molecule has 2 unspecified atom stereocenters. The van der Waals surface area contributed by atoms with Crippen molar-refractivity contribution in [2.45, 2.75) is 31.4 Å². The van der Waals surface area contributed by atoms with Crippen LogP contribution in [0.2, 0.25) is 0 Å². The predicted molar refractivity (Wildman–Crippen MR) is 68.1 cm³/mol. The van der Waals surface area contributed by atoms with Crippen LogP contribution in [-0.2, 0) is 4.74 Å². The summed E-state index contributed by atoms with van der Waals surface area (Å²) in [6.45, 7) is 1.18. The molecule has 0 spiro atoms. The highest BCUT2D eigenvalue weighted by atomic mass is 19.1. The standard InChI is InChI=1S/C14H16FNO3/c15-9-3-1-5-11(13(9)14(17)18)16-7-8-19-12-6-2-4-10(12)16/h1,3,5,10,12H,2,4,6-8H2,(H,17,18). The van der Waals surface area contributed by atoms with E-state index >= 15 is 0 Å². The number of halogens is 1. The lowest BCUT2D eigenvalue weighted by atomic mass is 10.1. The van der Waals surface area contributed by atoms with E-state index in [0.717, 1.165) is 19.3 Å². The number of nitrogens with zero attached hydrogens (tertiary/aromatic N) is 1. The van der Waals surface area contributed by atoms with Gasteiger partial charge in [0.1, 0.15) is 11.4 Å². The fourth-order valence-corrected chi connectivity index (χ4v) is 3.19. The Bertz CT molecular complexity index is 505. The van der Waals surface area contributed by atoms with Crippen LogP contribution in [0.1, 0.15) is 29.6 Å². The maximum Gasteiger partial charge on any atom is 0.340 e. The van der Waals surface area contributed by atoms with Gasteiger partial charge in [0.2, 0.25) is 0 Å². The van der Waals surface area contributed by atoms with Crippen LogP contribution in [-0.4, -0.2) is 36.4 Å². The molecule has 1 aliphatic heterocycles. The summed E-state index contributed by atoms with van der Waals surface area (Å²) in [7, 11) is 0. The summed E-state index contributed by atoms with van der Waals surface area (Å²) < 4.78 is 19.5. The van der Waals surface area contributed by atoms with E-state index in [1.54, 1.807) is 12.1 Å². The van der Waals surface area contributed by atoms with E-state index in [-0.39, 0.29) is 17.7 Å². The number of benzene rings is 1. The molecule has 1 heterocycles. The summed E-state index contributed by atoms with van der Waals surface area (Å²) in [6, 6.07) is 4.62. The molecule has 2 atom stereocenters. The minimum Gasteiger partial charge on any atom is -0.478 e. The van der Waals surface area contributed by atoms with Gasteiger partial charge in [-0.05, 0) is 31.4 Å². The van der Waals surface area contributed by atoms with Crippen molar-refractivity contribution in [3.63, 3.8) is 0 Å². The van der Waals surface area contributed by atoms with Gasteiger partial charge in [-0.15, -0.1) is 0 Å². The zero-order chi connectivity index (χ0) is 13.4. The van der Waals surface area contributed by atoms with Gasteiger partial charge in [0.05, 0.1) is 24.4 Å². The lowest BCUT2D eigenvalue weighted by Crippen LogP contribution is -2.49. The second-order valence-electron chi connectivity index (χ2n) is 5.04. The Morgan fingerprint density at radius 1 is 1.42 bits per heavy atom. The number of hydrogen-bond donors (Lipinski definition) is 1. The van der Waals surface area contributed by atoms with Gasteiger partial charge in [-0.1, -0.05) is 6.07 Å². The number of fused-ring (bicyclic) bond motifs is 1. The molecule has 0 bridgehead atoms. The number of hydrogen-bond acceptors (Lipinski definition) is 3. The summed E-state index contributed by atoms with van der Waals surface area (Å²) in [6.07, 6.45) is 3.20. The van der Waals surface area contributed by atoms with Gasteiger partial charge in [0, 0.05) is 6.54 Å². The van der Waals surface area contributed by atoms with Crippen molar-refractivity contribution in [1.29, 1.82) is 0 Å². The fraction of sp³-hybridized carbons (Fsp3) is 0.500. The fourth-order valence-electron chi connectivity index (χ4n) is 3.19. The van der Waals surface area contributed by atoms with E-state index in [1.807, 2.05) is 4.90 Å². The SMILES string of the molecule is O=C(O)c1c(F)cccc1N1CCOC2CCCC21. The first kappa shape index (κ1) is 12.4. The van der Waals surface area contributed by atoms with Gasteiger partial charge in [-0.25, -0.2) is 9.18 Å². The Morgan fingerprint density at radius 3 is 3.05 bits per heavy atom.